The van der Waals surface area contributed by atoms with Crippen molar-refractivity contribution in [3.63, 3.8) is 0 Å². The summed E-state index contributed by atoms with van der Waals surface area (Å²) in [7, 11) is 0. The van der Waals surface area contributed by atoms with Crippen molar-refractivity contribution < 1.29 is 4.74 Å². The van der Waals surface area contributed by atoms with Crippen LogP contribution in [0.3, 0.4) is 0 Å². The molecule has 1 aliphatic carbocycles. The van der Waals surface area contributed by atoms with Crippen molar-refractivity contribution >= 4 is 17.3 Å². The highest BCUT2D eigenvalue weighted by Gasteiger charge is 2.56. The summed E-state index contributed by atoms with van der Waals surface area (Å²) in [6, 6.07) is 14.8. The summed E-state index contributed by atoms with van der Waals surface area (Å²) in [4.78, 5) is 2.63. The molecule has 29 heavy (non-hydrogen) atoms. The molecule has 4 rings (SSSR count). The molecular weight excluding hydrogens is 380 g/mol. The summed E-state index contributed by atoms with van der Waals surface area (Å²) in [5.41, 5.74) is 11.2. The Balaban J connectivity index is 1.54. The van der Waals surface area contributed by atoms with E-state index < -0.39 is 0 Å². The van der Waals surface area contributed by atoms with Crippen LogP contribution in [0.5, 0.6) is 0 Å². The lowest BCUT2D eigenvalue weighted by Gasteiger charge is -2.61. The number of anilines is 1. The largest absolute Gasteiger partial charge is 0.398 e. The number of nitrogens with two attached hydrogens (primary N) is 1. The first-order valence-corrected chi connectivity index (χ1v) is 11.1. The molecule has 2 N–H and O–H groups in total. The minimum absolute atomic E-state index is 0.0301. The first-order valence-electron chi connectivity index (χ1n) is 10.7. The van der Waals surface area contributed by atoms with E-state index in [0.717, 1.165) is 36.6 Å². The van der Waals surface area contributed by atoms with Crippen molar-refractivity contribution in [1.29, 1.82) is 0 Å². The molecule has 0 saturated carbocycles. The molecule has 2 bridgehead atoms. The zero-order valence-electron chi connectivity index (χ0n) is 18.0. The highest BCUT2D eigenvalue weighted by atomic mass is 35.5. The van der Waals surface area contributed by atoms with Gasteiger partial charge in [-0.25, -0.2) is 0 Å². The van der Waals surface area contributed by atoms with Gasteiger partial charge < -0.3 is 10.5 Å². The Bertz CT molecular complexity index is 882. The van der Waals surface area contributed by atoms with Gasteiger partial charge in [-0.1, -0.05) is 62.7 Å². The van der Waals surface area contributed by atoms with Crippen LogP contribution in [0.25, 0.3) is 0 Å². The number of ether oxygens (including phenoxy) is 1. The number of piperidine rings is 1. The molecule has 2 aliphatic rings. The standard InChI is InChI=1S/C25H33ClN2O/c1-17(29-16-18-8-6-5-7-9-18)15-28-13-12-25(4)23-19(14-22(28)24(25,2)3)21(27)11-10-20(23)26/h5-11,17,22H,12-16,27H2,1-4H3. The van der Waals surface area contributed by atoms with Gasteiger partial charge >= 0.3 is 0 Å². The average Bonchev–Trinajstić information content (AvgIpc) is 2.68. The molecule has 1 aliphatic heterocycles. The number of rotatable bonds is 5. The number of benzene rings is 2. The lowest BCUT2D eigenvalue weighted by molar-refractivity contribution is -0.0646. The fourth-order valence-electron chi connectivity index (χ4n) is 5.56. The SMILES string of the molecule is CC(CN1CCC2(C)c3c(Cl)ccc(N)c3CC1C2(C)C)OCc1ccccc1. The Labute approximate surface area is 180 Å². The number of nitrogen functional groups attached to an aromatic ring is 1. The molecule has 0 spiro atoms. The molecule has 1 saturated heterocycles. The van der Waals surface area contributed by atoms with Crippen LogP contribution in [0.4, 0.5) is 5.69 Å². The zero-order valence-corrected chi connectivity index (χ0v) is 18.8. The summed E-state index contributed by atoms with van der Waals surface area (Å²) in [6.45, 7) is 12.0. The van der Waals surface area contributed by atoms with Crippen LogP contribution in [0.1, 0.15) is 50.8 Å². The molecule has 1 heterocycles. The van der Waals surface area contributed by atoms with E-state index in [4.69, 9.17) is 22.1 Å². The van der Waals surface area contributed by atoms with Crippen LogP contribution in [0.2, 0.25) is 5.02 Å². The maximum atomic E-state index is 6.71. The van der Waals surface area contributed by atoms with E-state index in [2.05, 4.69) is 56.9 Å². The van der Waals surface area contributed by atoms with Gasteiger partial charge in [0.05, 0.1) is 12.7 Å². The van der Waals surface area contributed by atoms with E-state index >= 15 is 0 Å². The first-order chi connectivity index (χ1) is 13.7. The third-order valence-electron chi connectivity index (χ3n) is 7.71. The van der Waals surface area contributed by atoms with Gasteiger partial charge in [-0.15, -0.1) is 0 Å². The molecule has 1 fully saturated rings. The molecular formula is C25H33ClN2O. The molecule has 2 aromatic rings. The predicted octanol–water partition coefficient (Wildman–Crippen LogP) is 5.44. The molecule has 3 nitrogen and oxygen atoms in total. The van der Waals surface area contributed by atoms with Gasteiger partial charge in [0.2, 0.25) is 0 Å². The normalized spacial score (nSPS) is 26.7. The number of fused-ring (bicyclic) bond motifs is 4. The van der Waals surface area contributed by atoms with Gasteiger partial charge in [0, 0.05) is 28.7 Å². The van der Waals surface area contributed by atoms with Crippen LogP contribution in [-0.2, 0) is 23.2 Å². The van der Waals surface area contributed by atoms with Crippen LogP contribution < -0.4 is 5.73 Å². The zero-order chi connectivity index (χ0) is 20.8. The molecule has 156 valence electrons. The molecule has 2 aromatic carbocycles. The topological polar surface area (TPSA) is 38.5 Å². The van der Waals surface area contributed by atoms with Crippen molar-refractivity contribution in [3.8, 4) is 0 Å². The first kappa shape index (κ1) is 20.7. The minimum atomic E-state index is 0.0301. The van der Waals surface area contributed by atoms with E-state index in [-0.39, 0.29) is 16.9 Å². The van der Waals surface area contributed by atoms with Gasteiger partial charge in [-0.3, -0.25) is 4.90 Å². The highest BCUT2D eigenvalue weighted by Crippen LogP contribution is 2.58. The molecule has 0 amide bonds. The van der Waals surface area contributed by atoms with Crippen LogP contribution in [0.15, 0.2) is 42.5 Å². The third kappa shape index (κ3) is 3.48. The summed E-state index contributed by atoms with van der Waals surface area (Å²) in [5, 5.41) is 0.872. The monoisotopic (exact) mass is 412 g/mol. The number of likely N-dealkylation sites (tertiary alicyclic amines) is 1. The molecule has 0 radical (unpaired) electrons. The predicted molar refractivity (Wildman–Crippen MR) is 121 cm³/mol. The van der Waals surface area contributed by atoms with Gasteiger partial charge in [0.15, 0.2) is 0 Å². The van der Waals surface area contributed by atoms with E-state index in [1.165, 1.54) is 16.7 Å². The number of halogens is 1. The van der Waals surface area contributed by atoms with Crippen LogP contribution in [0, 0.1) is 5.41 Å². The second kappa shape index (κ2) is 7.61. The van der Waals surface area contributed by atoms with Crippen molar-refractivity contribution in [1.82, 2.24) is 4.90 Å². The molecule has 0 aromatic heterocycles. The van der Waals surface area contributed by atoms with E-state index in [1.54, 1.807) is 0 Å². The maximum absolute atomic E-state index is 6.71. The van der Waals surface area contributed by atoms with Crippen molar-refractivity contribution in [2.45, 2.75) is 64.7 Å². The highest BCUT2D eigenvalue weighted by molar-refractivity contribution is 6.31. The quantitative estimate of drug-likeness (QED) is 0.664. The van der Waals surface area contributed by atoms with Gasteiger partial charge in [0.1, 0.15) is 0 Å². The van der Waals surface area contributed by atoms with Crippen molar-refractivity contribution in [3.05, 3.63) is 64.2 Å². The van der Waals surface area contributed by atoms with E-state index in [9.17, 15) is 0 Å². The molecule has 3 atom stereocenters. The van der Waals surface area contributed by atoms with Crippen LogP contribution >= 0.6 is 11.6 Å². The van der Waals surface area contributed by atoms with Crippen molar-refractivity contribution in [2.24, 2.45) is 5.41 Å². The van der Waals surface area contributed by atoms with E-state index in [1.807, 2.05) is 18.2 Å². The Morgan fingerprint density at radius 3 is 2.62 bits per heavy atom. The number of nitrogens with zero attached hydrogens (tertiary/aromatic N) is 1. The second-order valence-corrected chi connectivity index (χ2v) is 10.0. The Morgan fingerprint density at radius 1 is 1.17 bits per heavy atom. The molecule has 3 unspecified atom stereocenters. The van der Waals surface area contributed by atoms with Crippen molar-refractivity contribution in [2.75, 3.05) is 18.8 Å². The number of hydrogen-bond donors (Lipinski definition) is 1. The second-order valence-electron chi connectivity index (χ2n) is 9.62. The van der Waals surface area contributed by atoms with Gasteiger partial charge in [0.25, 0.3) is 0 Å². The lowest BCUT2D eigenvalue weighted by atomic mass is 9.51. The molecule has 4 heteroatoms. The lowest BCUT2D eigenvalue weighted by Crippen LogP contribution is -2.64. The van der Waals surface area contributed by atoms with Crippen LogP contribution in [-0.4, -0.2) is 30.1 Å². The summed E-state index contributed by atoms with van der Waals surface area (Å²) in [6.07, 6.45) is 2.21. The average molecular weight is 413 g/mol. The Morgan fingerprint density at radius 2 is 1.90 bits per heavy atom. The Kier molecular flexibility index (Phi) is 5.43. The fourth-order valence-corrected chi connectivity index (χ4v) is 5.95. The third-order valence-corrected chi connectivity index (χ3v) is 8.03. The summed E-state index contributed by atoms with van der Waals surface area (Å²) >= 11 is 6.71. The minimum Gasteiger partial charge on any atom is -0.398 e. The van der Waals surface area contributed by atoms with E-state index in [0.29, 0.717) is 12.6 Å². The van der Waals surface area contributed by atoms with Gasteiger partial charge in [-0.05, 0) is 60.5 Å². The summed E-state index contributed by atoms with van der Waals surface area (Å²) in [5.74, 6) is 0. The summed E-state index contributed by atoms with van der Waals surface area (Å²) < 4.78 is 6.19. The maximum Gasteiger partial charge on any atom is 0.0721 e. The smallest absolute Gasteiger partial charge is 0.0721 e. The fraction of sp³-hybridized carbons (Fsp3) is 0.520. The Hall–Kier alpha value is -1.55. The van der Waals surface area contributed by atoms with Gasteiger partial charge in [-0.2, -0.15) is 0 Å². The number of hydrogen-bond acceptors (Lipinski definition) is 3.